The van der Waals surface area contributed by atoms with Gasteiger partial charge in [0, 0.05) is 11.5 Å². The Morgan fingerprint density at radius 3 is 2.61 bits per heavy atom. The van der Waals surface area contributed by atoms with Gasteiger partial charge in [0.05, 0.1) is 28.5 Å². The molecule has 1 aliphatic heterocycles. The minimum Gasteiger partial charge on any atom is -0.493 e. The van der Waals surface area contributed by atoms with Crippen LogP contribution in [-0.4, -0.2) is 43.4 Å². The van der Waals surface area contributed by atoms with Gasteiger partial charge in [0.25, 0.3) is 5.91 Å². The maximum Gasteiger partial charge on any atom is 0.277 e. The molecule has 9 heteroatoms. The highest BCUT2D eigenvalue weighted by molar-refractivity contribution is 9.10. The third-order valence-corrected chi connectivity index (χ3v) is 7.85. The zero-order valence-corrected chi connectivity index (χ0v) is 20.8. The number of thioether (sulfide) groups is 2. The number of hydrogen-bond donors (Lipinski definition) is 1. The second-order valence-electron chi connectivity index (χ2n) is 6.93. The molecule has 0 atom stereocenters. The second-order valence-corrected chi connectivity index (χ2v) is 10.5. The summed E-state index contributed by atoms with van der Waals surface area (Å²) in [6, 6.07) is 11.5. The summed E-state index contributed by atoms with van der Waals surface area (Å²) in [5, 5.41) is 4.00. The van der Waals surface area contributed by atoms with Crippen molar-refractivity contribution in [2.75, 3.05) is 25.2 Å². The van der Waals surface area contributed by atoms with Crippen molar-refractivity contribution < 1.29 is 19.0 Å². The number of hydrogen-bond acceptors (Lipinski definition) is 7. The molecule has 2 aromatic carbocycles. The Labute approximate surface area is 199 Å². The summed E-state index contributed by atoms with van der Waals surface area (Å²) in [4.78, 5) is 12.0. The predicted molar refractivity (Wildman–Crippen MR) is 132 cm³/mol. The van der Waals surface area contributed by atoms with Crippen LogP contribution in [0.2, 0.25) is 0 Å². The number of ether oxygens (including phenoxy) is 3. The smallest absolute Gasteiger partial charge is 0.277 e. The highest BCUT2D eigenvalue weighted by Gasteiger charge is 2.18. The monoisotopic (exact) mass is 524 g/mol. The molecule has 0 saturated carbocycles. The third-order valence-electron chi connectivity index (χ3n) is 4.15. The summed E-state index contributed by atoms with van der Waals surface area (Å²) in [7, 11) is 1.58. The molecule has 1 heterocycles. The Hall–Kier alpha value is -1.84. The Balaban J connectivity index is 1.50. The van der Waals surface area contributed by atoms with E-state index in [1.54, 1.807) is 13.2 Å². The molecule has 0 aromatic heterocycles. The van der Waals surface area contributed by atoms with Gasteiger partial charge in [-0.05, 0) is 65.2 Å². The molecule has 0 unspecified atom stereocenters. The van der Waals surface area contributed by atoms with E-state index in [2.05, 4.69) is 38.6 Å². The number of nitrogens with one attached hydrogen (secondary N) is 1. The average molecular weight is 525 g/mol. The number of hydrazone groups is 1. The van der Waals surface area contributed by atoms with Crippen LogP contribution in [0.5, 0.6) is 17.2 Å². The summed E-state index contributed by atoms with van der Waals surface area (Å²) in [6.07, 6.45) is 1.55. The van der Waals surface area contributed by atoms with Crippen LogP contribution in [0.25, 0.3) is 0 Å². The van der Waals surface area contributed by atoms with Crippen LogP contribution < -0.4 is 19.6 Å². The van der Waals surface area contributed by atoms with E-state index >= 15 is 0 Å². The Kier molecular flexibility index (Phi) is 8.98. The van der Waals surface area contributed by atoms with Crippen molar-refractivity contribution in [3.8, 4) is 17.2 Å². The van der Waals surface area contributed by atoms with Crippen molar-refractivity contribution in [3.63, 3.8) is 0 Å². The van der Waals surface area contributed by atoms with Gasteiger partial charge in [-0.2, -0.15) is 5.10 Å². The summed E-state index contributed by atoms with van der Waals surface area (Å²) in [5.74, 6) is 3.90. The molecule has 0 aliphatic carbocycles. The van der Waals surface area contributed by atoms with Gasteiger partial charge in [-0.3, -0.25) is 4.79 Å². The predicted octanol–water partition coefficient (Wildman–Crippen LogP) is 5.25. The van der Waals surface area contributed by atoms with Crippen molar-refractivity contribution in [1.82, 2.24) is 5.43 Å². The molecule has 1 saturated heterocycles. The van der Waals surface area contributed by atoms with Crippen molar-refractivity contribution in [3.05, 3.63) is 52.0 Å². The van der Waals surface area contributed by atoms with Gasteiger partial charge in [-0.1, -0.05) is 12.1 Å². The normalized spacial score (nSPS) is 14.2. The van der Waals surface area contributed by atoms with Crippen LogP contribution >= 0.6 is 39.5 Å². The van der Waals surface area contributed by atoms with Crippen LogP contribution in [0, 0.1) is 0 Å². The first-order chi connectivity index (χ1) is 15.0. The molecule has 31 heavy (non-hydrogen) atoms. The van der Waals surface area contributed by atoms with E-state index in [9.17, 15) is 4.79 Å². The Bertz CT molecular complexity index is 916. The third kappa shape index (κ3) is 7.08. The number of benzene rings is 2. The topological polar surface area (TPSA) is 69.2 Å². The maximum absolute atomic E-state index is 12.0. The lowest BCUT2D eigenvalue weighted by Gasteiger charge is -2.15. The fraction of sp³-hybridized carbons (Fsp3) is 0.364. The Morgan fingerprint density at radius 2 is 1.97 bits per heavy atom. The first-order valence-electron chi connectivity index (χ1n) is 9.78. The Morgan fingerprint density at radius 1 is 1.26 bits per heavy atom. The molecule has 3 rings (SSSR count). The van der Waals surface area contributed by atoms with Gasteiger partial charge in [0.1, 0.15) is 5.75 Å². The standard InChI is InChI=1S/C22H25BrN2O4S2/c1-14(2)29-21-18(23)10-15(11-19(21)27-3)12-24-25-20(26)13-28-17-6-4-16(5-7-17)22-30-8-9-31-22/h4-7,10-12,14,22H,8-9,13H2,1-3H3,(H,25,26)/b24-12-. The summed E-state index contributed by atoms with van der Waals surface area (Å²) in [6.45, 7) is 3.78. The van der Waals surface area contributed by atoms with E-state index in [4.69, 9.17) is 14.2 Å². The number of rotatable bonds is 9. The summed E-state index contributed by atoms with van der Waals surface area (Å²) in [5.41, 5.74) is 4.50. The number of amides is 1. The van der Waals surface area contributed by atoms with Crippen LogP contribution in [0.15, 0.2) is 46.0 Å². The van der Waals surface area contributed by atoms with Gasteiger partial charge in [0.2, 0.25) is 0 Å². The first kappa shape index (κ1) is 23.8. The number of methoxy groups -OCH3 is 1. The highest BCUT2D eigenvalue weighted by Crippen LogP contribution is 2.45. The van der Waals surface area contributed by atoms with Crippen LogP contribution in [0.3, 0.4) is 0 Å². The largest absolute Gasteiger partial charge is 0.493 e. The fourth-order valence-corrected chi connectivity index (χ4v) is 6.21. The van der Waals surface area contributed by atoms with Crippen molar-refractivity contribution in [1.29, 1.82) is 0 Å². The fourth-order valence-electron chi connectivity index (χ4n) is 2.80. The van der Waals surface area contributed by atoms with Crippen LogP contribution in [0.1, 0.15) is 29.6 Å². The molecule has 1 amide bonds. The molecule has 1 N–H and O–H groups in total. The molecular weight excluding hydrogens is 500 g/mol. The summed E-state index contributed by atoms with van der Waals surface area (Å²) >= 11 is 7.40. The number of halogens is 1. The first-order valence-corrected chi connectivity index (χ1v) is 12.7. The second kappa shape index (κ2) is 11.7. The van der Waals surface area contributed by atoms with Gasteiger partial charge >= 0.3 is 0 Å². The molecule has 0 radical (unpaired) electrons. The van der Waals surface area contributed by atoms with E-state index in [1.807, 2.05) is 55.6 Å². The van der Waals surface area contributed by atoms with Crippen LogP contribution in [0.4, 0.5) is 0 Å². The molecule has 1 aliphatic rings. The zero-order chi connectivity index (χ0) is 22.2. The van der Waals surface area contributed by atoms with E-state index in [1.165, 1.54) is 23.3 Å². The molecule has 6 nitrogen and oxygen atoms in total. The average Bonchev–Trinajstić information content (AvgIpc) is 3.29. The van der Waals surface area contributed by atoms with Crippen molar-refractivity contribution >= 4 is 51.6 Å². The molecular formula is C22H25BrN2O4S2. The lowest BCUT2D eigenvalue weighted by atomic mass is 10.2. The highest BCUT2D eigenvalue weighted by atomic mass is 79.9. The minimum atomic E-state index is -0.340. The number of carbonyl (C=O) groups is 1. The molecule has 166 valence electrons. The van der Waals surface area contributed by atoms with Crippen molar-refractivity contribution in [2.45, 2.75) is 24.5 Å². The zero-order valence-electron chi connectivity index (χ0n) is 17.6. The molecule has 2 aromatic rings. The van der Waals surface area contributed by atoms with Crippen molar-refractivity contribution in [2.24, 2.45) is 5.10 Å². The van der Waals surface area contributed by atoms with Gasteiger partial charge in [0.15, 0.2) is 18.1 Å². The lowest BCUT2D eigenvalue weighted by molar-refractivity contribution is -0.123. The molecule has 1 fully saturated rings. The lowest BCUT2D eigenvalue weighted by Crippen LogP contribution is -2.24. The maximum atomic E-state index is 12.0. The number of carbonyl (C=O) groups excluding carboxylic acids is 1. The van der Waals surface area contributed by atoms with Gasteiger partial charge in [-0.15, -0.1) is 23.5 Å². The van der Waals surface area contributed by atoms with Gasteiger partial charge in [-0.25, -0.2) is 5.43 Å². The van der Waals surface area contributed by atoms with E-state index < -0.39 is 0 Å². The molecule has 0 bridgehead atoms. The minimum absolute atomic E-state index is 0.0145. The van der Waals surface area contributed by atoms with E-state index in [-0.39, 0.29) is 18.6 Å². The van der Waals surface area contributed by atoms with Crippen LogP contribution in [-0.2, 0) is 4.79 Å². The number of nitrogens with zero attached hydrogens (tertiary/aromatic N) is 1. The van der Waals surface area contributed by atoms with E-state index in [0.717, 1.165) is 10.0 Å². The quantitative estimate of drug-likeness (QED) is 0.356. The SMILES string of the molecule is COc1cc(/C=N\NC(=O)COc2ccc(C3SCCS3)cc2)cc(Br)c1OC(C)C. The molecule has 0 spiro atoms. The summed E-state index contributed by atoms with van der Waals surface area (Å²) < 4.78 is 18.0. The van der Waals surface area contributed by atoms with E-state index in [0.29, 0.717) is 21.8 Å². The van der Waals surface area contributed by atoms with Gasteiger partial charge < -0.3 is 14.2 Å².